The number of ether oxygens (including phenoxy) is 3. The van der Waals surface area contributed by atoms with Crippen molar-refractivity contribution in [1.29, 1.82) is 0 Å². The summed E-state index contributed by atoms with van der Waals surface area (Å²) in [5, 5.41) is 0. The molecule has 0 spiro atoms. The van der Waals surface area contributed by atoms with Crippen molar-refractivity contribution >= 4 is 17.9 Å². The van der Waals surface area contributed by atoms with Crippen molar-refractivity contribution in [2.24, 2.45) is 0 Å². The van der Waals surface area contributed by atoms with Crippen LogP contribution in [0.2, 0.25) is 0 Å². The van der Waals surface area contributed by atoms with E-state index in [-0.39, 0.29) is 31.1 Å². The van der Waals surface area contributed by atoms with E-state index in [1.807, 2.05) is 0 Å². The van der Waals surface area contributed by atoms with Crippen LogP contribution in [0.25, 0.3) is 0 Å². The lowest BCUT2D eigenvalue weighted by molar-refractivity contribution is -0.167. The zero-order valence-electron chi connectivity index (χ0n) is 38.8. The van der Waals surface area contributed by atoms with E-state index >= 15 is 0 Å². The number of unbranched alkanes of at least 4 members (excludes halogenated alkanes) is 31. The molecule has 0 aromatic carbocycles. The Hall–Kier alpha value is -2.11. The van der Waals surface area contributed by atoms with Gasteiger partial charge in [-0.25, -0.2) is 0 Å². The van der Waals surface area contributed by atoms with Crippen molar-refractivity contribution < 1.29 is 28.6 Å². The Morgan fingerprint density at radius 1 is 0.345 bits per heavy atom. The van der Waals surface area contributed by atoms with Crippen molar-refractivity contribution in [2.75, 3.05) is 13.2 Å². The first kappa shape index (κ1) is 55.9. The van der Waals surface area contributed by atoms with Crippen molar-refractivity contribution in [3.63, 3.8) is 0 Å². The van der Waals surface area contributed by atoms with Crippen LogP contribution < -0.4 is 0 Å². The predicted molar refractivity (Wildman–Crippen MR) is 247 cm³/mol. The Morgan fingerprint density at radius 3 is 0.983 bits per heavy atom. The normalized spacial score (nSPS) is 12.1. The van der Waals surface area contributed by atoms with E-state index in [4.69, 9.17) is 14.2 Å². The number of rotatable bonds is 46. The van der Waals surface area contributed by atoms with Gasteiger partial charge in [-0.15, -0.1) is 0 Å². The number of carbonyl (C=O) groups excluding carboxylic acids is 3. The highest BCUT2D eigenvalue weighted by Crippen LogP contribution is 2.16. The first-order valence-electron chi connectivity index (χ1n) is 25.3. The Balaban J connectivity index is 4.13. The maximum absolute atomic E-state index is 12.7. The third kappa shape index (κ3) is 45.0. The molecular weight excluding hydrogens is 721 g/mol. The minimum atomic E-state index is -0.764. The number of esters is 3. The first-order chi connectivity index (χ1) is 28.5. The molecule has 340 valence electrons. The molecule has 0 rings (SSSR count). The van der Waals surface area contributed by atoms with Gasteiger partial charge in [0.1, 0.15) is 13.2 Å². The maximum Gasteiger partial charge on any atom is 0.306 e. The Morgan fingerprint density at radius 2 is 0.621 bits per heavy atom. The summed E-state index contributed by atoms with van der Waals surface area (Å²) in [6.07, 6.45) is 53.4. The maximum atomic E-state index is 12.7. The minimum Gasteiger partial charge on any atom is -0.462 e. The summed E-state index contributed by atoms with van der Waals surface area (Å²) >= 11 is 0. The van der Waals surface area contributed by atoms with Gasteiger partial charge >= 0.3 is 17.9 Å². The Labute approximate surface area is 360 Å². The molecule has 0 aliphatic heterocycles. The van der Waals surface area contributed by atoms with E-state index in [9.17, 15) is 14.4 Å². The number of hydrogen-bond acceptors (Lipinski definition) is 6. The second-order valence-corrected chi connectivity index (χ2v) is 17.1. The minimum absolute atomic E-state index is 0.0701. The molecule has 0 aromatic heterocycles. The molecule has 58 heavy (non-hydrogen) atoms. The van der Waals surface area contributed by atoms with Gasteiger partial charge in [0.2, 0.25) is 0 Å². The van der Waals surface area contributed by atoms with Crippen LogP contribution in [0.4, 0.5) is 0 Å². The van der Waals surface area contributed by atoms with Crippen molar-refractivity contribution in [3.8, 4) is 0 Å². The third-order valence-corrected chi connectivity index (χ3v) is 11.2. The first-order valence-corrected chi connectivity index (χ1v) is 25.3. The molecule has 0 N–H and O–H groups in total. The van der Waals surface area contributed by atoms with E-state index in [1.165, 1.54) is 161 Å². The lowest BCUT2D eigenvalue weighted by Gasteiger charge is -2.18. The fourth-order valence-electron chi connectivity index (χ4n) is 7.36. The standard InChI is InChI=1S/C52H96O6/c1-4-7-10-13-15-17-19-21-23-25-26-27-29-30-32-34-36-39-42-45-51(54)57-48-49(47-56-50(53)44-41-38-12-9-6-3)58-52(55)46-43-40-37-35-33-31-28-24-22-20-18-16-14-11-8-5-2/h15,17,21,23,49H,4-14,16,18-20,22,24-48H2,1-3H3/b17-15-,23-21-. The average molecular weight is 817 g/mol. The lowest BCUT2D eigenvalue weighted by atomic mass is 10.0. The molecular formula is C52H96O6. The van der Waals surface area contributed by atoms with Crippen molar-refractivity contribution in [1.82, 2.24) is 0 Å². The average Bonchev–Trinajstić information content (AvgIpc) is 3.22. The van der Waals surface area contributed by atoms with E-state index in [0.717, 1.165) is 70.6 Å². The molecule has 0 aliphatic carbocycles. The van der Waals surface area contributed by atoms with Crippen LogP contribution in [-0.2, 0) is 28.6 Å². The highest BCUT2D eigenvalue weighted by Gasteiger charge is 2.19. The van der Waals surface area contributed by atoms with E-state index < -0.39 is 6.10 Å². The highest BCUT2D eigenvalue weighted by molar-refractivity contribution is 5.71. The molecule has 1 unspecified atom stereocenters. The molecule has 0 aromatic rings. The van der Waals surface area contributed by atoms with Crippen LogP contribution in [0.3, 0.4) is 0 Å². The summed E-state index contributed by atoms with van der Waals surface area (Å²) in [7, 11) is 0. The van der Waals surface area contributed by atoms with Crippen LogP contribution in [-0.4, -0.2) is 37.2 Å². The summed E-state index contributed by atoms with van der Waals surface area (Å²) in [5.74, 6) is -0.876. The number of hydrogen-bond donors (Lipinski definition) is 0. The lowest BCUT2D eigenvalue weighted by Crippen LogP contribution is -2.30. The van der Waals surface area contributed by atoms with Crippen LogP contribution in [0.15, 0.2) is 24.3 Å². The monoisotopic (exact) mass is 817 g/mol. The largest absolute Gasteiger partial charge is 0.462 e. The third-order valence-electron chi connectivity index (χ3n) is 11.2. The topological polar surface area (TPSA) is 78.9 Å². The fourth-order valence-corrected chi connectivity index (χ4v) is 7.36. The summed E-state index contributed by atoms with van der Waals surface area (Å²) < 4.78 is 16.7. The van der Waals surface area contributed by atoms with Gasteiger partial charge in [0.25, 0.3) is 0 Å². The van der Waals surface area contributed by atoms with Crippen LogP contribution >= 0.6 is 0 Å². The highest BCUT2D eigenvalue weighted by atomic mass is 16.6. The van der Waals surface area contributed by atoms with Gasteiger partial charge < -0.3 is 14.2 Å². The van der Waals surface area contributed by atoms with Gasteiger partial charge in [-0.2, -0.15) is 0 Å². The molecule has 0 saturated heterocycles. The number of allylic oxidation sites excluding steroid dienone is 4. The quantitative estimate of drug-likeness (QED) is 0.0263. The van der Waals surface area contributed by atoms with E-state index in [1.54, 1.807) is 0 Å². The van der Waals surface area contributed by atoms with E-state index in [2.05, 4.69) is 45.1 Å². The molecule has 0 amide bonds. The molecule has 0 heterocycles. The van der Waals surface area contributed by atoms with Crippen LogP contribution in [0, 0.1) is 0 Å². The summed E-state index contributed by atoms with van der Waals surface area (Å²) in [6, 6.07) is 0. The van der Waals surface area contributed by atoms with Gasteiger partial charge in [0.15, 0.2) is 6.10 Å². The summed E-state index contributed by atoms with van der Waals surface area (Å²) in [5.41, 5.74) is 0. The molecule has 0 bridgehead atoms. The number of carbonyl (C=O) groups is 3. The summed E-state index contributed by atoms with van der Waals surface area (Å²) in [6.45, 7) is 6.55. The summed E-state index contributed by atoms with van der Waals surface area (Å²) in [4.78, 5) is 37.6. The van der Waals surface area contributed by atoms with Crippen molar-refractivity contribution in [2.45, 2.75) is 277 Å². The van der Waals surface area contributed by atoms with Crippen LogP contribution in [0.1, 0.15) is 271 Å². The smallest absolute Gasteiger partial charge is 0.306 e. The fraction of sp³-hybridized carbons (Fsp3) is 0.865. The molecule has 1 atom stereocenters. The Bertz CT molecular complexity index is 942. The Kier molecular flexibility index (Phi) is 45.8. The second-order valence-electron chi connectivity index (χ2n) is 17.1. The van der Waals surface area contributed by atoms with E-state index in [0.29, 0.717) is 19.3 Å². The SMILES string of the molecule is CCCCC/C=C\C/C=C\CCCCCCCCCCCC(=O)OCC(COC(=O)CCCCCCC)OC(=O)CCCCCCCCCCCCCCCCCC. The molecule has 0 radical (unpaired) electrons. The molecule has 0 aliphatic rings. The van der Waals surface area contributed by atoms with Crippen molar-refractivity contribution in [3.05, 3.63) is 24.3 Å². The van der Waals surface area contributed by atoms with Gasteiger partial charge in [-0.05, 0) is 51.4 Å². The van der Waals surface area contributed by atoms with Gasteiger partial charge in [0.05, 0.1) is 0 Å². The van der Waals surface area contributed by atoms with Gasteiger partial charge in [-0.1, -0.05) is 225 Å². The van der Waals surface area contributed by atoms with Gasteiger partial charge in [-0.3, -0.25) is 14.4 Å². The zero-order chi connectivity index (χ0) is 42.3. The molecule has 6 heteroatoms. The van der Waals surface area contributed by atoms with Crippen LogP contribution in [0.5, 0.6) is 0 Å². The predicted octanol–water partition coefficient (Wildman–Crippen LogP) is 16.4. The zero-order valence-corrected chi connectivity index (χ0v) is 38.8. The molecule has 0 saturated carbocycles. The molecule has 0 fully saturated rings. The second kappa shape index (κ2) is 47.6. The molecule has 6 nitrogen and oxygen atoms in total. The van der Waals surface area contributed by atoms with Gasteiger partial charge in [0, 0.05) is 19.3 Å².